The molecule has 2 unspecified atom stereocenters. The monoisotopic (exact) mass is 271 g/mol. The second-order valence-corrected chi connectivity index (χ2v) is 5.33. The van der Waals surface area contributed by atoms with Gasteiger partial charge in [0.05, 0.1) is 6.04 Å². The average Bonchev–Trinajstić information content (AvgIpc) is 2.40. The van der Waals surface area contributed by atoms with Crippen LogP contribution in [0.15, 0.2) is 0 Å². The Morgan fingerprint density at radius 2 is 1.79 bits per heavy atom. The summed E-state index contributed by atoms with van der Waals surface area (Å²) in [7, 11) is 0. The number of hydrogen-bond acceptors (Lipinski definition) is 3. The molecule has 0 aliphatic rings. The number of amides is 1. The Balaban J connectivity index is 3.78. The van der Waals surface area contributed by atoms with Crippen LogP contribution in [0.3, 0.4) is 0 Å². The van der Waals surface area contributed by atoms with Gasteiger partial charge in [-0.1, -0.05) is 33.6 Å². The second-order valence-electron chi connectivity index (χ2n) is 5.33. The molecule has 0 bridgehead atoms. The Morgan fingerprint density at radius 3 is 2.32 bits per heavy atom. The molecule has 0 rings (SSSR count). The average molecular weight is 271 g/mol. The molecule has 0 saturated heterocycles. The molecule has 0 aromatic rings. The van der Waals surface area contributed by atoms with E-state index in [4.69, 9.17) is 5.73 Å². The van der Waals surface area contributed by atoms with E-state index >= 15 is 0 Å². The van der Waals surface area contributed by atoms with Crippen LogP contribution in [0.4, 0.5) is 0 Å². The molecule has 0 aromatic heterocycles. The molecule has 4 nitrogen and oxygen atoms in total. The molecule has 4 heteroatoms. The molecule has 2 atom stereocenters. The highest BCUT2D eigenvalue weighted by Gasteiger charge is 2.14. The predicted molar refractivity (Wildman–Crippen MR) is 82.1 cm³/mol. The van der Waals surface area contributed by atoms with E-state index in [1.807, 2.05) is 0 Å². The minimum absolute atomic E-state index is 0.00351. The first-order valence-electron chi connectivity index (χ1n) is 7.83. The van der Waals surface area contributed by atoms with Crippen molar-refractivity contribution in [1.82, 2.24) is 10.2 Å². The number of unbranched alkanes of at least 4 members (excludes halogenated alkanes) is 1. The molecule has 1 amide bonds. The van der Waals surface area contributed by atoms with E-state index in [-0.39, 0.29) is 18.0 Å². The first kappa shape index (κ1) is 18.4. The fourth-order valence-corrected chi connectivity index (χ4v) is 2.14. The minimum atomic E-state index is -0.342. The molecule has 0 spiro atoms. The summed E-state index contributed by atoms with van der Waals surface area (Å²) in [5.41, 5.74) is 5.85. The van der Waals surface area contributed by atoms with Crippen LogP contribution < -0.4 is 11.1 Å². The van der Waals surface area contributed by atoms with Gasteiger partial charge < -0.3 is 16.0 Å². The Hall–Kier alpha value is -0.610. The lowest BCUT2D eigenvalue weighted by Gasteiger charge is -2.20. The standard InChI is InChI=1S/C15H33N3O/c1-5-8-11-14(16)15(19)17-13(4)10-9-12-18(6-2)7-3/h13-14H,5-12,16H2,1-4H3,(H,17,19). The van der Waals surface area contributed by atoms with Gasteiger partial charge in [-0.2, -0.15) is 0 Å². The Kier molecular flexibility index (Phi) is 10.9. The number of hydrogen-bond donors (Lipinski definition) is 2. The molecule has 0 aliphatic heterocycles. The summed E-state index contributed by atoms with van der Waals surface area (Å²) in [5, 5.41) is 3.02. The highest BCUT2D eigenvalue weighted by Crippen LogP contribution is 2.02. The first-order valence-corrected chi connectivity index (χ1v) is 7.83. The first-order chi connectivity index (χ1) is 9.04. The molecule has 0 saturated carbocycles. The van der Waals surface area contributed by atoms with Gasteiger partial charge in [0.15, 0.2) is 0 Å². The molecule has 0 radical (unpaired) electrons. The predicted octanol–water partition coefficient (Wildman–Crippen LogP) is 2.13. The smallest absolute Gasteiger partial charge is 0.237 e. The van der Waals surface area contributed by atoms with E-state index in [1.165, 1.54) is 0 Å². The number of nitrogens with two attached hydrogens (primary N) is 1. The van der Waals surface area contributed by atoms with Gasteiger partial charge in [0, 0.05) is 6.04 Å². The van der Waals surface area contributed by atoms with Gasteiger partial charge in [-0.05, 0) is 45.8 Å². The topological polar surface area (TPSA) is 58.4 Å². The van der Waals surface area contributed by atoms with E-state index in [2.05, 4.69) is 37.9 Å². The molecule has 3 N–H and O–H groups in total. The molecule has 0 aromatic carbocycles. The normalized spacial score (nSPS) is 14.4. The molecular weight excluding hydrogens is 238 g/mol. The van der Waals surface area contributed by atoms with Crippen molar-refractivity contribution in [2.75, 3.05) is 19.6 Å². The number of nitrogens with one attached hydrogen (secondary N) is 1. The molecule has 0 aliphatic carbocycles. The second kappa shape index (κ2) is 11.2. The maximum Gasteiger partial charge on any atom is 0.237 e. The van der Waals surface area contributed by atoms with Crippen LogP contribution in [0.1, 0.15) is 59.8 Å². The summed E-state index contributed by atoms with van der Waals surface area (Å²) in [4.78, 5) is 14.2. The van der Waals surface area contributed by atoms with E-state index in [0.29, 0.717) is 0 Å². The van der Waals surface area contributed by atoms with Gasteiger partial charge in [-0.3, -0.25) is 4.79 Å². The van der Waals surface area contributed by atoms with Crippen molar-refractivity contribution in [1.29, 1.82) is 0 Å². The summed E-state index contributed by atoms with van der Waals surface area (Å²) in [6, 6.07) is -0.124. The van der Waals surface area contributed by atoms with Crippen molar-refractivity contribution in [2.24, 2.45) is 5.73 Å². The highest BCUT2D eigenvalue weighted by molar-refractivity contribution is 5.81. The third kappa shape index (κ3) is 9.00. The SMILES string of the molecule is CCCCC(N)C(=O)NC(C)CCCN(CC)CC. The fourth-order valence-electron chi connectivity index (χ4n) is 2.14. The molecule has 0 heterocycles. The van der Waals surface area contributed by atoms with Crippen molar-refractivity contribution in [3.8, 4) is 0 Å². The van der Waals surface area contributed by atoms with E-state index in [1.54, 1.807) is 0 Å². The number of carbonyl (C=O) groups excluding carboxylic acids is 1. The zero-order valence-corrected chi connectivity index (χ0v) is 13.2. The lowest BCUT2D eigenvalue weighted by Crippen LogP contribution is -2.44. The summed E-state index contributed by atoms with van der Waals surface area (Å²) in [6.45, 7) is 11.8. The van der Waals surface area contributed by atoms with Gasteiger partial charge in [0.2, 0.25) is 5.91 Å². The van der Waals surface area contributed by atoms with E-state index in [0.717, 1.165) is 51.7 Å². The number of nitrogens with zero attached hydrogens (tertiary/aromatic N) is 1. The highest BCUT2D eigenvalue weighted by atomic mass is 16.2. The van der Waals surface area contributed by atoms with Gasteiger partial charge in [0.25, 0.3) is 0 Å². The third-order valence-corrected chi connectivity index (χ3v) is 3.60. The van der Waals surface area contributed by atoms with Crippen LogP contribution in [-0.4, -0.2) is 42.5 Å². The Morgan fingerprint density at radius 1 is 1.16 bits per heavy atom. The third-order valence-electron chi connectivity index (χ3n) is 3.60. The van der Waals surface area contributed by atoms with E-state index in [9.17, 15) is 4.79 Å². The number of carbonyl (C=O) groups is 1. The van der Waals surface area contributed by atoms with Gasteiger partial charge >= 0.3 is 0 Å². The van der Waals surface area contributed by atoms with Crippen LogP contribution in [0.5, 0.6) is 0 Å². The van der Waals surface area contributed by atoms with Gasteiger partial charge in [-0.25, -0.2) is 0 Å². The minimum Gasteiger partial charge on any atom is -0.352 e. The van der Waals surface area contributed by atoms with Crippen molar-refractivity contribution < 1.29 is 4.79 Å². The van der Waals surface area contributed by atoms with Gasteiger partial charge in [-0.15, -0.1) is 0 Å². The fraction of sp³-hybridized carbons (Fsp3) is 0.933. The van der Waals surface area contributed by atoms with Crippen LogP contribution in [0.25, 0.3) is 0 Å². The van der Waals surface area contributed by atoms with Gasteiger partial charge in [0.1, 0.15) is 0 Å². The van der Waals surface area contributed by atoms with Crippen molar-refractivity contribution >= 4 is 5.91 Å². The maximum absolute atomic E-state index is 11.8. The largest absolute Gasteiger partial charge is 0.352 e. The molecular formula is C15H33N3O. The van der Waals surface area contributed by atoms with Crippen LogP contribution in [-0.2, 0) is 4.79 Å². The Labute approximate surface area is 119 Å². The maximum atomic E-state index is 11.8. The summed E-state index contributed by atoms with van der Waals surface area (Å²) in [6.07, 6.45) is 5.02. The summed E-state index contributed by atoms with van der Waals surface area (Å²) in [5.74, 6) is 0.00351. The zero-order chi connectivity index (χ0) is 14.7. The Bertz CT molecular complexity index is 229. The zero-order valence-electron chi connectivity index (χ0n) is 13.2. The van der Waals surface area contributed by atoms with Crippen LogP contribution >= 0.6 is 0 Å². The summed E-state index contributed by atoms with van der Waals surface area (Å²) < 4.78 is 0. The lowest BCUT2D eigenvalue weighted by atomic mass is 10.1. The van der Waals surface area contributed by atoms with Crippen LogP contribution in [0, 0.1) is 0 Å². The van der Waals surface area contributed by atoms with Crippen molar-refractivity contribution in [3.05, 3.63) is 0 Å². The van der Waals surface area contributed by atoms with Crippen molar-refractivity contribution in [2.45, 2.75) is 71.9 Å². The lowest BCUT2D eigenvalue weighted by molar-refractivity contribution is -0.123. The quantitative estimate of drug-likeness (QED) is 0.605. The number of rotatable bonds is 11. The molecule has 0 fully saturated rings. The summed E-state index contributed by atoms with van der Waals surface area (Å²) >= 11 is 0. The van der Waals surface area contributed by atoms with E-state index < -0.39 is 0 Å². The molecule has 19 heavy (non-hydrogen) atoms. The van der Waals surface area contributed by atoms with Crippen LogP contribution in [0.2, 0.25) is 0 Å². The van der Waals surface area contributed by atoms with Crippen molar-refractivity contribution in [3.63, 3.8) is 0 Å². The molecule has 114 valence electrons.